The van der Waals surface area contributed by atoms with E-state index in [9.17, 15) is 13.5 Å². The molecule has 0 saturated heterocycles. The number of benzene rings is 2. The summed E-state index contributed by atoms with van der Waals surface area (Å²) in [5.74, 6) is 0.102. The van der Waals surface area contributed by atoms with Crippen LogP contribution in [0, 0.1) is 0 Å². The maximum atomic E-state index is 11.1. The predicted molar refractivity (Wildman–Crippen MR) is 62.0 cm³/mol. The van der Waals surface area contributed by atoms with E-state index >= 15 is 0 Å². The number of methoxy groups -OCH3 is 1. The molecule has 0 fully saturated rings. The highest BCUT2D eigenvalue weighted by molar-refractivity contribution is 7.86. The Balaban J connectivity index is 2.83. The van der Waals surface area contributed by atoms with Gasteiger partial charge in [-0.1, -0.05) is 6.07 Å². The van der Waals surface area contributed by atoms with Crippen molar-refractivity contribution in [3.05, 3.63) is 30.3 Å². The van der Waals surface area contributed by atoms with Crippen molar-refractivity contribution < 1.29 is 22.8 Å². The maximum Gasteiger partial charge on any atom is 0.298 e. The molecular weight excluding hydrogens is 244 g/mol. The Labute approximate surface area is 98.0 Å². The SMILES string of the molecule is COc1cc2cc(O)ccc2cc1S(=O)(=O)O. The number of fused-ring (bicyclic) bond motifs is 1. The first-order valence-electron chi connectivity index (χ1n) is 4.70. The van der Waals surface area contributed by atoms with E-state index in [-0.39, 0.29) is 16.4 Å². The fraction of sp³-hybridized carbons (Fsp3) is 0.0909. The first-order chi connectivity index (χ1) is 7.91. The Morgan fingerprint density at radius 3 is 2.41 bits per heavy atom. The Kier molecular flexibility index (Phi) is 2.68. The highest BCUT2D eigenvalue weighted by Crippen LogP contribution is 2.30. The lowest BCUT2D eigenvalue weighted by Crippen LogP contribution is -2.01. The van der Waals surface area contributed by atoms with E-state index in [1.165, 1.54) is 31.4 Å². The van der Waals surface area contributed by atoms with E-state index in [1.807, 2.05) is 0 Å². The molecule has 0 amide bonds. The Hall–Kier alpha value is -1.79. The second kappa shape index (κ2) is 3.90. The van der Waals surface area contributed by atoms with Crippen LogP contribution in [0.1, 0.15) is 0 Å². The van der Waals surface area contributed by atoms with Gasteiger partial charge < -0.3 is 9.84 Å². The van der Waals surface area contributed by atoms with Gasteiger partial charge >= 0.3 is 0 Å². The van der Waals surface area contributed by atoms with Crippen LogP contribution in [0.2, 0.25) is 0 Å². The minimum Gasteiger partial charge on any atom is -0.508 e. The van der Waals surface area contributed by atoms with Crippen molar-refractivity contribution in [2.24, 2.45) is 0 Å². The fourth-order valence-electron chi connectivity index (χ4n) is 1.60. The zero-order chi connectivity index (χ0) is 12.6. The Morgan fingerprint density at radius 2 is 1.82 bits per heavy atom. The molecule has 2 N–H and O–H groups in total. The summed E-state index contributed by atoms with van der Waals surface area (Å²) in [5.41, 5.74) is 0. The molecule has 0 heterocycles. The summed E-state index contributed by atoms with van der Waals surface area (Å²) in [6, 6.07) is 7.20. The summed E-state index contributed by atoms with van der Waals surface area (Å²) in [6.07, 6.45) is 0. The van der Waals surface area contributed by atoms with Crippen molar-refractivity contribution in [3.8, 4) is 11.5 Å². The summed E-state index contributed by atoms with van der Waals surface area (Å²) in [4.78, 5) is -0.293. The summed E-state index contributed by atoms with van der Waals surface area (Å²) < 4.78 is 36.3. The molecule has 0 aliphatic rings. The average Bonchev–Trinajstić information content (AvgIpc) is 2.25. The number of phenolic OH excluding ortho intramolecular Hbond substituents is 1. The summed E-state index contributed by atoms with van der Waals surface area (Å²) in [6.45, 7) is 0. The lowest BCUT2D eigenvalue weighted by Gasteiger charge is -2.08. The normalized spacial score (nSPS) is 11.6. The summed E-state index contributed by atoms with van der Waals surface area (Å²) >= 11 is 0. The number of hydrogen-bond acceptors (Lipinski definition) is 4. The third-order valence-electron chi connectivity index (χ3n) is 2.38. The number of aromatic hydroxyl groups is 1. The van der Waals surface area contributed by atoms with E-state index in [4.69, 9.17) is 9.29 Å². The highest BCUT2D eigenvalue weighted by Gasteiger charge is 2.17. The van der Waals surface area contributed by atoms with Gasteiger partial charge in [-0.05, 0) is 35.0 Å². The average molecular weight is 254 g/mol. The van der Waals surface area contributed by atoms with Gasteiger partial charge in [-0.3, -0.25) is 4.55 Å². The van der Waals surface area contributed by atoms with Crippen molar-refractivity contribution in [3.63, 3.8) is 0 Å². The molecule has 5 nitrogen and oxygen atoms in total. The second-order valence-corrected chi connectivity index (χ2v) is 4.90. The molecule has 0 saturated carbocycles. The zero-order valence-corrected chi connectivity index (χ0v) is 9.73. The number of phenols is 1. The topological polar surface area (TPSA) is 83.8 Å². The van der Waals surface area contributed by atoms with Crippen LogP contribution in [0.4, 0.5) is 0 Å². The third-order valence-corrected chi connectivity index (χ3v) is 3.26. The minimum atomic E-state index is -4.33. The number of hydrogen-bond donors (Lipinski definition) is 2. The molecule has 0 radical (unpaired) electrons. The molecule has 90 valence electrons. The van der Waals surface area contributed by atoms with Crippen molar-refractivity contribution in [1.82, 2.24) is 0 Å². The molecule has 2 rings (SSSR count). The molecule has 0 spiro atoms. The zero-order valence-electron chi connectivity index (χ0n) is 8.91. The lowest BCUT2D eigenvalue weighted by atomic mass is 10.1. The van der Waals surface area contributed by atoms with Crippen molar-refractivity contribution in [2.45, 2.75) is 4.90 Å². The van der Waals surface area contributed by atoms with Crippen molar-refractivity contribution >= 4 is 20.9 Å². The van der Waals surface area contributed by atoms with Crippen molar-refractivity contribution in [2.75, 3.05) is 7.11 Å². The van der Waals surface area contributed by atoms with Crippen LogP contribution in [0.5, 0.6) is 11.5 Å². The van der Waals surface area contributed by atoms with Crippen LogP contribution in [0.3, 0.4) is 0 Å². The lowest BCUT2D eigenvalue weighted by molar-refractivity contribution is 0.398. The van der Waals surface area contributed by atoms with Gasteiger partial charge in [0.05, 0.1) is 7.11 Å². The molecule has 17 heavy (non-hydrogen) atoms. The van der Waals surface area contributed by atoms with E-state index in [0.29, 0.717) is 10.8 Å². The first kappa shape index (κ1) is 11.7. The van der Waals surface area contributed by atoms with Gasteiger partial charge in [0, 0.05) is 0 Å². The van der Waals surface area contributed by atoms with Crippen LogP contribution in [0.15, 0.2) is 35.2 Å². The third kappa shape index (κ3) is 2.17. The fourth-order valence-corrected chi connectivity index (χ4v) is 2.28. The van der Waals surface area contributed by atoms with Crippen LogP contribution in [0.25, 0.3) is 10.8 Å². The van der Waals surface area contributed by atoms with Gasteiger partial charge in [-0.15, -0.1) is 0 Å². The van der Waals surface area contributed by atoms with E-state index in [0.717, 1.165) is 0 Å². The molecule has 6 heteroatoms. The smallest absolute Gasteiger partial charge is 0.298 e. The molecule has 0 unspecified atom stereocenters. The molecule has 0 atom stereocenters. The van der Waals surface area contributed by atoms with Gasteiger partial charge in [0.2, 0.25) is 0 Å². The number of ether oxygens (including phenoxy) is 1. The van der Waals surface area contributed by atoms with Gasteiger partial charge in [0.15, 0.2) is 0 Å². The van der Waals surface area contributed by atoms with E-state index < -0.39 is 10.1 Å². The monoisotopic (exact) mass is 254 g/mol. The van der Waals surface area contributed by atoms with Crippen LogP contribution in [-0.2, 0) is 10.1 Å². The quantitative estimate of drug-likeness (QED) is 0.798. The molecular formula is C11H10O5S. The summed E-state index contributed by atoms with van der Waals surface area (Å²) in [5, 5.41) is 10.5. The molecule has 2 aromatic carbocycles. The van der Waals surface area contributed by atoms with Crippen LogP contribution < -0.4 is 4.74 Å². The number of rotatable bonds is 2. The maximum absolute atomic E-state index is 11.1. The minimum absolute atomic E-state index is 0.0330. The highest BCUT2D eigenvalue weighted by atomic mass is 32.2. The molecule has 0 bridgehead atoms. The van der Waals surface area contributed by atoms with E-state index in [1.54, 1.807) is 6.07 Å². The van der Waals surface area contributed by atoms with Gasteiger partial charge in [0.1, 0.15) is 16.4 Å². The molecule has 2 aromatic rings. The van der Waals surface area contributed by atoms with Gasteiger partial charge in [-0.25, -0.2) is 0 Å². The van der Waals surface area contributed by atoms with Crippen LogP contribution >= 0.6 is 0 Å². The van der Waals surface area contributed by atoms with Crippen molar-refractivity contribution in [1.29, 1.82) is 0 Å². The second-order valence-electron chi connectivity index (χ2n) is 3.51. The molecule has 0 aromatic heterocycles. The molecule has 0 aliphatic heterocycles. The largest absolute Gasteiger partial charge is 0.508 e. The Bertz CT molecular complexity index is 676. The Morgan fingerprint density at radius 1 is 1.12 bits per heavy atom. The van der Waals surface area contributed by atoms with E-state index in [2.05, 4.69) is 0 Å². The van der Waals surface area contributed by atoms with Gasteiger partial charge in [-0.2, -0.15) is 8.42 Å². The van der Waals surface area contributed by atoms with Crippen LogP contribution in [-0.4, -0.2) is 25.2 Å². The first-order valence-corrected chi connectivity index (χ1v) is 6.14. The standard InChI is InChI=1S/C11H10O5S/c1-16-10-5-8-4-9(12)3-2-7(8)6-11(10)17(13,14)15/h2-6,12H,1H3,(H,13,14,15). The predicted octanol–water partition coefficient (Wildman–Crippen LogP) is 1.80. The molecule has 0 aliphatic carbocycles. The van der Waals surface area contributed by atoms with Gasteiger partial charge in [0.25, 0.3) is 10.1 Å². The summed E-state index contributed by atoms with van der Waals surface area (Å²) in [7, 11) is -3.03.